The van der Waals surface area contributed by atoms with Crippen molar-refractivity contribution in [3.63, 3.8) is 0 Å². The van der Waals surface area contributed by atoms with Gasteiger partial charge in [0, 0.05) is 33.3 Å². The van der Waals surface area contributed by atoms with Crippen molar-refractivity contribution in [1.29, 1.82) is 0 Å². The molecule has 0 saturated heterocycles. The lowest BCUT2D eigenvalue weighted by molar-refractivity contribution is 1.15. The van der Waals surface area contributed by atoms with Crippen molar-refractivity contribution in [2.24, 2.45) is 0 Å². The van der Waals surface area contributed by atoms with Gasteiger partial charge in [-0.25, -0.2) is 9.97 Å². The second kappa shape index (κ2) is 12.9. The molecule has 0 spiro atoms. The maximum absolute atomic E-state index is 5.07. The predicted molar refractivity (Wildman–Crippen MR) is 224 cm³/mol. The highest BCUT2D eigenvalue weighted by Crippen LogP contribution is 2.41. The zero-order chi connectivity index (χ0) is 36.2. The molecule has 4 nitrogen and oxygen atoms in total. The number of hydrogen-bond acceptors (Lipinski definition) is 2. The molecule has 7 aromatic carbocycles. The minimum Gasteiger partial charge on any atom is -0.293 e. The van der Waals surface area contributed by atoms with E-state index in [0.29, 0.717) is 0 Å². The largest absolute Gasteiger partial charge is 0.293 e. The van der Waals surface area contributed by atoms with Gasteiger partial charge in [0.2, 0.25) is 0 Å². The van der Waals surface area contributed by atoms with Gasteiger partial charge in [-0.2, -0.15) is 0 Å². The molecule has 10 rings (SSSR count). The van der Waals surface area contributed by atoms with Gasteiger partial charge in [0.15, 0.2) is 5.82 Å². The molecular formula is C50H36N4. The monoisotopic (exact) mass is 692 g/mol. The quantitative estimate of drug-likeness (QED) is 0.174. The summed E-state index contributed by atoms with van der Waals surface area (Å²) < 4.78 is 4.82. The molecule has 3 heterocycles. The Morgan fingerprint density at radius 3 is 1.46 bits per heavy atom. The first-order valence-electron chi connectivity index (χ1n) is 18.4. The van der Waals surface area contributed by atoms with Crippen molar-refractivity contribution in [2.45, 2.75) is 13.8 Å². The lowest BCUT2D eigenvalue weighted by Gasteiger charge is -2.11. The van der Waals surface area contributed by atoms with Crippen LogP contribution in [0.4, 0.5) is 0 Å². The Hall–Kier alpha value is -7.04. The molecule has 0 N–H and O–H groups in total. The maximum Gasteiger partial charge on any atom is 0.160 e. The molecule has 256 valence electrons. The van der Waals surface area contributed by atoms with E-state index in [-0.39, 0.29) is 0 Å². The number of rotatable bonds is 6. The third-order valence-electron chi connectivity index (χ3n) is 10.5. The molecule has 0 aliphatic heterocycles. The number of imidazole rings is 1. The first kappa shape index (κ1) is 31.7. The van der Waals surface area contributed by atoms with Gasteiger partial charge in [-0.1, -0.05) is 157 Å². The summed E-state index contributed by atoms with van der Waals surface area (Å²) in [5.41, 5.74) is 18.0. The molecule has 4 heteroatoms. The number of aryl methyl sites for hydroxylation is 2. The molecule has 54 heavy (non-hydrogen) atoms. The normalized spacial score (nSPS) is 11.5. The molecular weight excluding hydrogens is 657 g/mol. The first-order chi connectivity index (χ1) is 26.6. The number of nitrogens with zero attached hydrogens (tertiary/aromatic N) is 4. The zero-order valence-electron chi connectivity index (χ0n) is 30.1. The van der Waals surface area contributed by atoms with Crippen molar-refractivity contribution < 1.29 is 0 Å². The van der Waals surface area contributed by atoms with E-state index in [1.54, 1.807) is 0 Å². The van der Waals surface area contributed by atoms with Crippen LogP contribution in [0.1, 0.15) is 11.1 Å². The summed E-state index contributed by atoms with van der Waals surface area (Å²) in [5, 5.41) is 1.24. The Balaban J connectivity index is 1.05. The Morgan fingerprint density at radius 2 is 0.852 bits per heavy atom. The molecule has 0 fully saturated rings. The average Bonchev–Trinajstić information content (AvgIpc) is 3.74. The van der Waals surface area contributed by atoms with Crippen LogP contribution in [0.15, 0.2) is 182 Å². The van der Waals surface area contributed by atoms with Crippen molar-refractivity contribution in [2.75, 3.05) is 0 Å². The summed E-state index contributed by atoms with van der Waals surface area (Å²) in [7, 11) is 0. The smallest absolute Gasteiger partial charge is 0.160 e. The van der Waals surface area contributed by atoms with Gasteiger partial charge in [-0.05, 0) is 66.9 Å². The Kier molecular flexibility index (Phi) is 7.55. The van der Waals surface area contributed by atoms with Crippen LogP contribution >= 0.6 is 0 Å². The highest BCUT2D eigenvalue weighted by Gasteiger charge is 2.22. The summed E-state index contributed by atoms with van der Waals surface area (Å²) in [6, 6.07) is 64.9. The van der Waals surface area contributed by atoms with Crippen molar-refractivity contribution in [3.05, 3.63) is 193 Å². The summed E-state index contributed by atoms with van der Waals surface area (Å²) in [6.45, 7) is 4.20. The molecule has 0 aliphatic rings. The Bertz CT molecular complexity index is 2890. The fraction of sp³-hybridized carbons (Fsp3) is 0.0400. The van der Waals surface area contributed by atoms with Crippen molar-refractivity contribution in [3.8, 4) is 61.8 Å². The predicted octanol–water partition coefficient (Wildman–Crippen LogP) is 12.8. The topological polar surface area (TPSA) is 35.1 Å². The molecule has 0 radical (unpaired) electrons. The van der Waals surface area contributed by atoms with E-state index in [1.807, 2.05) is 0 Å². The minimum absolute atomic E-state index is 0.723. The second-order valence-electron chi connectivity index (χ2n) is 14.1. The van der Waals surface area contributed by atoms with E-state index in [0.717, 1.165) is 50.7 Å². The maximum atomic E-state index is 5.07. The van der Waals surface area contributed by atoms with Gasteiger partial charge in [-0.15, -0.1) is 0 Å². The van der Waals surface area contributed by atoms with Gasteiger partial charge in [0.05, 0.1) is 27.9 Å². The molecule has 0 amide bonds. The fourth-order valence-corrected chi connectivity index (χ4v) is 7.72. The summed E-state index contributed by atoms with van der Waals surface area (Å²) in [6.07, 6.45) is 0. The van der Waals surface area contributed by atoms with E-state index in [1.165, 1.54) is 49.8 Å². The molecule has 3 aromatic heterocycles. The number of para-hydroxylation sites is 4. The third kappa shape index (κ3) is 5.39. The minimum atomic E-state index is 0.723. The summed E-state index contributed by atoms with van der Waals surface area (Å²) >= 11 is 0. The number of fused-ring (bicyclic) bond motifs is 5. The van der Waals surface area contributed by atoms with Crippen LogP contribution in [0.25, 0.3) is 89.4 Å². The fourth-order valence-electron chi connectivity index (χ4n) is 7.72. The van der Waals surface area contributed by atoms with Crippen LogP contribution in [0, 0.1) is 13.8 Å². The molecule has 0 bridgehead atoms. The van der Waals surface area contributed by atoms with Gasteiger partial charge in [0.1, 0.15) is 5.65 Å². The summed E-state index contributed by atoms with van der Waals surface area (Å²) in [4.78, 5) is 10.1. The van der Waals surface area contributed by atoms with Crippen LogP contribution in [-0.2, 0) is 0 Å². The number of hydrogen-bond donors (Lipinski definition) is 0. The van der Waals surface area contributed by atoms with E-state index in [4.69, 9.17) is 9.97 Å². The van der Waals surface area contributed by atoms with Crippen molar-refractivity contribution >= 4 is 27.6 Å². The highest BCUT2D eigenvalue weighted by molar-refractivity contribution is 6.09. The van der Waals surface area contributed by atoms with Crippen LogP contribution in [-0.4, -0.2) is 18.9 Å². The molecule has 10 aromatic rings. The van der Waals surface area contributed by atoms with E-state index in [9.17, 15) is 0 Å². The first-order valence-corrected chi connectivity index (χ1v) is 18.4. The molecule has 0 aliphatic carbocycles. The van der Waals surface area contributed by atoms with Crippen LogP contribution in [0.5, 0.6) is 0 Å². The SMILES string of the molecule is Cc1ccc(-c2cc(-c3ccc(-c4ccc(-c5c6ccccc6n6c7ccccc7n(-c7ccccc7)c56)cc4)cc3)nc(-c3ccc(C)cc3)n2)cc1. The standard InChI is InChI=1S/C50H36N4/c1-33-16-20-37(21-17-33)43-32-44(52-49(51-43)40-22-18-34(2)19-23-40)38-28-24-35(25-29-38)36-26-30-39(31-27-36)48-42-12-6-7-13-45(42)54-47-15-9-8-14-46(47)53(50(48)54)41-10-4-3-5-11-41/h3-32H,1-2H3. The Morgan fingerprint density at radius 1 is 0.389 bits per heavy atom. The third-order valence-corrected chi connectivity index (χ3v) is 10.5. The second-order valence-corrected chi connectivity index (χ2v) is 14.1. The Labute approximate surface area is 314 Å². The van der Waals surface area contributed by atoms with Crippen LogP contribution in [0.2, 0.25) is 0 Å². The molecule has 0 saturated carbocycles. The van der Waals surface area contributed by atoms with Crippen LogP contribution in [0.3, 0.4) is 0 Å². The number of benzene rings is 7. The van der Waals surface area contributed by atoms with Gasteiger partial charge < -0.3 is 0 Å². The van der Waals surface area contributed by atoms with Gasteiger partial charge in [-0.3, -0.25) is 8.97 Å². The highest BCUT2D eigenvalue weighted by atomic mass is 15.1. The van der Waals surface area contributed by atoms with Gasteiger partial charge >= 0.3 is 0 Å². The molecule has 0 atom stereocenters. The van der Waals surface area contributed by atoms with E-state index >= 15 is 0 Å². The lowest BCUT2D eigenvalue weighted by atomic mass is 9.98. The zero-order valence-corrected chi connectivity index (χ0v) is 30.1. The van der Waals surface area contributed by atoms with E-state index < -0.39 is 0 Å². The van der Waals surface area contributed by atoms with Crippen LogP contribution < -0.4 is 0 Å². The van der Waals surface area contributed by atoms with Crippen molar-refractivity contribution in [1.82, 2.24) is 18.9 Å². The lowest BCUT2D eigenvalue weighted by Crippen LogP contribution is -1.96. The van der Waals surface area contributed by atoms with E-state index in [2.05, 4.69) is 205 Å². The van der Waals surface area contributed by atoms with Gasteiger partial charge in [0.25, 0.3) is 0 Å². The number of aromatic nitrogens is 4. The average molecular weight is 693 g/mol. The summed E-state index contributed by atoms with van der Waals surface area (Å²) in [5.74, 6) is 0.723. The molecule has 0 unspecified atom stereocenters.